The number of benzene rings is 1. The molecule has 0 fully saturated rings. The largest absolute Gasteiger partial charge is 0.503 e. The minimum Gasteiger partial charge on any atom is -0.503 e. The summed E-state index contributed by atoms with van der Waals surface area (Å²) < 4.78 is 4.96. The molecule has 9 heteroatoms. The van der Waals surface area contributed by atoms with Gasteiger partial charge in [0.25, 0.3) is 5.95 Å². The summed E-state index contributed by atoms with van der Waals surface area (Å²) in [6.07, 6.45) is 1.48. The van der Waals surface area contributed by atoms with Gasteiger partial charge in [0.2, 0.25) is 0 Å². The first-order valence-corrected chi connectivity index (χ1v) is 5.17. The number of hydrazone groups is 1. The molecule has 0 unspecified atom stereocenters. The summed E-state index contributed by atoms with van der Waals surface area (Å²) in [6.45, 7) is 0. The van der Waals surface area contributed by atoms with Crippen LogP contribution in [0.4, 0.5) is 5.95 Å². The molecule has 0 spiro atoms. The maximum Gasteiger partial charge on any atom is 0.283 e. The molecule has 0 saturated heterocycles. The molecule has 0 aliphatic rings. The third kappa shape index (κ3) is 2.66. The third-order valence-electron chi connectivity index (χ3n) is 1.99. The van der Waals surface area contributed by atoms with Crippen molar-refractivity contribution in [1.29, 1.82) is 0 Å². The molecule has 0 aliphatic carbocycles. The van der Waals surface area contributed by atoms with E-state index in [0.29, 0.717) is 5.56 Å². The Morgan fingerprint density at radius 1 is 1.56 bits per heavy atom. The number of ether oxygens (including phenoxy) is 1. The van der Waals surface area contributed by atoms with E-state index in [4.69, 9.17) is 16.3 Å². The van der Waals surface area contributed by atoms with Crippen molar-refractivity contribution in [2.45, 2.75) is 0 Å². The predicted octanol–water partition coefficient (Wildman–Crippen LogP) is 1.01. The van der Waals surface area contributed by atoms with E-state index in [1.807, 2.05) is 0 Å². The van der Waals surface area contributed by atoms with Gasteiger partial charge < -0.3 is 9.84 Å². The number of tetrazole rings is 1. The normalized spacial score (nSPS) is 10.8. The van der Waals surface area contributed by atoms with Gasteiger partial charge in [-0.2, -0.15) is 10.3 Å². The highest BCUT2D eigenvalue weighted by molar-refractivity contribution is 6.32. The topological polar surface area (TPSA) is 108 Å². The van der Waals surface area contributed by atoms with Crippen LogP contribution in [-0.2, 0) is 0 Å². The van der Waals surface area contributed by atoms with Gasteiger partial charge in [0.1, 0.15) is 0 Å². The van der Waals surface area contributed by atoms with Crippen LogP contribution in [0.25, 0.3) is 0 Å². The van der Waals surface area contributed by atoms with Crippen LogP contribution >= 0.6 is 11.6 Å². The highest BCUT2D eigenvalue weighted by Gasteiger charge is 2.07. The van der Waals surface area contributed by atoms with Crippen LogP contribution in [0.1, 0.15) is 5.56 Å². The number of aromatic nitrogens is 4. The standard InChI is InChI=1S/C9H9ClN6O2/c1-18-7-3-5(2-6(10)8(7)17)4-11-12-9-13-15-16-14-9/h2-4,17H,1H3,(H2,12,13,14,15,16). The molecule has 18 heavy (non-hydrogen) atoms. The van der Waals surface area contributed by atoms with Crippen molar-refractivity contribution in [2.24, 2.45) is 5.10 Å². The molecule has 1 aromatic carbocycles. The first-order valence-electron chi connectivity index (χ1n) is 4.79. The number of anilines is 1. The van der Waals surface area contributed by atoms with Gasteiger partial charge in [-0.3, -0.25) is 0 Å². The average molecular weight is 269 g/mol. The molecule has 2 rings (SSSR count). The van der Waals surface area contributed by atoms with Crippen molar-refractivity contribution in [3.8, 4) is 11.5 Å². The second kappa shape index (κ2) is 5.32. The first-order chi connectivity index (χ1) is 8.70. The van der Waals surface area contributed by atoms with Crippen LogP contribution in [0.3, 0.4) is 0 Å². The summed E-state index contributed by atoms with van der Waals surface area (Å²) in [5, 5.41) is 26.5. The van der Waals surface area contributed by atoms with Crippen molar-refractivity contribution in [2.75, 3.05) is 12.5 Å². The number of nitrogens with one attached hydrogen (secondary N) is 2. The number of H-pyrrole nitrogens is 1. The molecule has 0 bridgehead atoms. The van der Waals surface area contributed by atoms with E-state index in [-0.39, 0.29) is 22.5 Å². The maximum absolute atomic E-state index is 9.55. The fourth-order valence-electron chi connectivity index (χ4n) is 1.20. The summed E-state index contributed by atoms with van der Waals surface area (Å²) in [4.78, 5) is 0. The van der Waals surface area contributed by atoms with Gasteiger partial charge in [-0.1, -0.05) is 16.7 Å². The summed E-state index contributed by atoms with van der Waals surface area (Å²) in [5.74, 6) is 0.397. The molecule has 2 aromatic rings. The molecule has 8 nitrogen and oxygen atoms in total. The van der Waals surface area contributed by atoms with E-state index in [1.165, 1.54) is 13.3 Å². The smallest absolute Gasteiger partial charge is 0.283 e. The Kier molecular flexibility index (Phi) is 3.58. The minimum atomic E-state index is -0.109. The number of nitrogens with zero attached hydrogens (tertiary/aromatic N) is 4. The summed E-state index contributed by atoms with van der Waals surface area (Å²) in [7, 11) is 1.43. The number of methoxy groups -OCH3 is 1. The molecule has 0 aliphatic heterocycles. The lowest BCUT2D eigenvalue weighted by Crippen LogP contribution is -1.93. The molecule has 0 amide bonds. The Bertz CT molecular complexity index is 556. The van der Waals surface area contributed by atoms with Gasteiger partial charge in [-0.15, -0.1) is 5.10 Å². The van der Waals surface area contributed by atoms with Crippen LogP contribution in [0.2, 0.25) is 5.02 Å². The number of hydrogen-bond donors (Lipinski definition) is 3. The Labute approximate surface area is 107 Å². The lowest BCUT2D eigenvalue weighted by Gasteiger charge is -2.05. The highest BCUT2D eigenvalue weighted by Crippen LogP contribution is 2.34. The Balaban J connectivity index is 2.14. The number of halogens is 1. The van der Waals surface area contributed by atoms with Crippen molar-refractivity contribution in [1.82, 2.24) is 20.6 Å². The number of aromatic hydroxyl groups is 1. The SMILES string of the molecule is COc1cc(C=NNc2nn[nH]n2)cc(Cl)c1O. The fraction of sp³-hybridized carbons (Fsp3) is 0.111. The monoisotopic (exact) mass is 268 g/mol. The Morgan fingerprint density at radius 3 is 3.06 bits per heavy atom. The van der Waals surface area contributed by atoms with Crippen molar-refractivity contribution < 1.29 is 9.84 Å². The second-order valence-corrected chi connectivity index (χ2v) is 3.57. The molecule has 94 valence electrons. The molecular weight excluding hydrogens is 260 g/mol. The molecule has 1 heterocycles. The number of hydrogen-bond acceptors (Lipinski definition) is 7. The quantitative estimate of drug-likeness (QED) is 0.564. The summed E-state index contributed by atoms with van der Waals surface area (Å²) in [6, 6.07) is 3.13. The fourth-order valence-corrected chi connectivity index (χ4v) is 1.42. The predicted molar refractivity (Wildman–Crippen MR) is 65.1 cm³/mol. The third-order valence-corrected chi connectivity index (χ3v) is 2.28. The number of phenolic OH excluding ortho intramolecular Hbond substituents is 1. The van der Waals surface area contributed by atoms with Crippen LogP contribution in [0, 0.1) is 0 Å². The van der Waals surface area contributed by atoms with E-state index in [0.717, 1.165) is 0 Å². The number of rotatable bonds is 4. The summed E-state index contributed by atoms with van der Waals surface area (Å²) >= 11 is 5.82. The van der Waals surface area contributed by atoms with E-state index in [2.05, 4.69) is 31.2 Å². The zero-order valence-corrected chi connectivity index (χ0v) is 10.0. The maximum atomic E-state index is 9.55. The van der Waals surface area contributed by atoms with Gasteiger partial charge in [0.05, 0.1) is 18.3 Å². The Hall–Kier alpha value is -2.35. The van der Waals surface area contributed by atoms with Crippen molar-refractivity contribution in [3.63, 3.8) is 0 Å². The molecule has 0 radical (unpaired) electrons. The lowest BCUT2D eigenvalue weighted by atomic mass is 10.2. The first kappa shape index (κ1) is 12.1. The van der Waals surface area contributed by atoms with E-state index in [1.54, 1.807) is 12.1 Å². The molecule has 1 aromatic heterocycles. The van der Waals surface area contributed by atoms with Gasteiger partial charge in [0, 0.05) is 0 Å². The van der Waals surface area contributed by atoms with Crippen molar-refractivity contribution >= 4 is 23.8 Å². The van der Waals surface area contributed by atoms with Crippen molar-refractivity contribution in [3.05, 3.63) is 22.7 Å². The second-order valence-electron chi connectivity index (χ2n) is 3.16. The van der Waals surface area contributed by atoms with E-state index >= 15 is 0 Å². The molecule has 0 atom stereocenters. The minimum absolute atomic E-state index is 0.109. The highest BCUT2D eigenvalue weighted by atomic mass is 35.5. The number of aromatic amines is 1. The van der Waals surface area contributed by atoms with Crippen LogP contribution in [0.5, 0.6) is 11.5 Å². The van der Waals surface area contributed by atoms with Gasteiger partial charge in [-0.25, -0.2) is 5.43 Å². The molecule has 3 N–H and O–H groups in total. The van der Waals surface area contributed by atoms with Crippen LogP contribution in [-0.4, -0.2) is 39.1 Å². The zero-order chi connectivity index (χ0) is 13.0. The van der Waals surface area contributed by atoms with Crippen LogP contribution < -0.4 is 10.2 Å². The van der Waals surface area contributed by atoms with E-state index < -0.39 is 0 Å². The molecular formula is C9H9ClN6O2. The number of phenols is 1. The molecule has 0 saturated carbocycles. The van der Waals surface area contributed by atoms with Gasteiger partial charge >= 0.3 is 0 Å². The summed E-state index contributed by atoms with van der Waals surface area (Å²) in [5.41, 5.74) is 3.20. The lowest BCUT2D eigenvalue weighted by molar-refractivity contribution is 0.373. The van der Waals surface area contributed by atoms with Gasteiger partial charge in [-0.05, 0) is 22.9 Å². The zero-order valence-electron chi connectivity index (χ0n) is 9.25. The Morgan fingerprint density at radius 2 is 2.39 bits per heavy atom. The van der Waals surface area contributed by atoms with Gasteiger partial charge in [0.15, 0.2) is 11.5 Å². The van der Waals surface area contributed by atoms with E-state index in [9.17, 15) is 5.11 Å². The van der Waals surface area contributed by atoms with Crippen LogP contribution in [0.15, 0.2) is 17.2 Å². The average Bonchev–Trinajstić information content (AvgIpc) is 2.86.